The van der Waals surface area contributed by atoms with Crippen LogP contribution < -0.4 is 10.1 Å². The summed E-state index contributed by atoms with van der Waals surface area (Å²) in [5, 5.41) is 17.5. The summed E-state index contributed by atoms with van der Waals surface area (Å²) in [6.07, 6.45) is -1.63. The predicted molar refractivity (Wildman–Crippen MR) is 143 cm³/mol. The smallest absolute Gasteiger partial charge is 0.391 e. The Kier molecular flexibility index (Phi) is 9.65. The van der Waals surface area contributed by atoms with Crippen LogP contribution in [0.1, 0.15) is 62.0 Å². The molecule has 1 aromatic heterocycles. The van der Waals surface area contributed by atoms with E-state index < -0.39 is 38.7 Å². The Morgan fingerprint density at radius 3 is 2.51 bits per heavy atom. The number of carbonyl (C=O) groups excluding carboxylic acids is 1. The molecule has 1 aliphatic rings. The highest BCUT2D eigenvalue weighted by molar-refractivity contribution is 7.91. The summed E-state index contributed by atoms with van der Waals surface area (Å²) >= 11 is 6.66. The first-order valence-electron chi connectivity index (χ1n) is 12.8. The molecule has 1 unspecified atom stereocenters. The van der Waals surface area contributed by atoms with Crippen LogP contribution >= 0.6 is 11.6 Å². The van der Waals surface area contributed by atoms with E-state index in [1.807, 2.05) is 6.92 Å². The molecule has 1 amide bonds. The summed E-state index contributed by atoms with van der Waals surface area (Å²) in [5.74, 6) is -1.84. The average Bonchev–Trinajstić information content (AvgIpc) is 3.17. The summed E-state index contributed by atoms with van der Waals surface area (Å²) in [4.78, 5) is 13.1. The molecule has 1 saturated carbocycles. The number of methoxy groups -OCH3 is 1. The molecule has 1 aliphatic carbocycles. The number of hydrogen-bond donors (Lipinski definition) is 2. The summed E-state index contributed by atoms with van der Waals surface area (Å²) in [6.45, 7) is 3.35. The number of nitrogens with zero attached hydrogens (tertiary/aromatic N) is 2. The van der Waals surface area contributed by atoms with Gasteiger partial charge >= 0.3 is 6.18 Å². The molecule has 1 aromatic carbocycles. The highest BCUT2D eigenvalue weighted by atomic mass is 35.5. The van der Waals surface area contributed by atoms with Crippen LogP contribution in [0.5, 0.6) is 5.75 Å². The van der Waals surface area contributed by atoms with E-state index in [4.69, 9.17) is 16.3 Å². The topological polar surface area (TPSA) is 111 Å². The van der Waals surface area contributed by atoms with Crippen molar-refractivity contribution >= 4 is 27.3 Å². The van der Waals surface area contributed by atoms with Crippen molar-refractivity contribution in [3.63, 3.8) is 0 Å². The van der Waals surface area contributed by atoms with Crippen LogP contribution in [0.15, 0.2) is 18.2 Å². The lowest BCUT2D eigenvalue weighted by Crippen LogP contribution is -2.47. The molecule has 218 valence electrons. The molecule has 0 aliphatic heterocycles. The van der Waals surface area contributed by atoms with E-state index in [0.29, 0.717) is 48.4 Å². The van der Waals surface area contributed by atoms with E-state index in [1.165, 1.54) is 19.4 Å². The molecular weight excluding hydrogens is 559 g/mol. The maximum absolute atomic E-state index is 13.1. The molecule has 2 N–H and O–H groups in total. The first-order valence-corrected chi connectivity index (χ1v) is 15.1. The molecule has 0 saturated heterocycles. The zero-order valence-electron chi connectivity index (χ0n) is 22.4. The molecule has 8 nitrogen and oxygen atoms in total. The maximum atomic E-state index is 13.1. The van der Waals surface area contributed by atoms with Gasteiger partial charge in [0.1, 0.15) is 15.6 Å². The number of rotatable bonds is 10. The van der Waals surface area contributed by atoms with E-state index >= 15 is 0 Å². The van der Waals surface area contributed by atoms with Crippen LogP contribution in [0.2, 0.25) is 5.02 Å². The van der Waals surface area contributed by atoms with E-state index in [2.05, 4.69) is 10.4 Å². The monoisotopic (exact) mass is 593 g/mol. The van der Waals surface area contributed by atoms with Crippen molar-refractivity contribution in [2.24, 2.45) is 5.92 Å². The number of aromatic nitrogens is 2. The van der Waals surface area contributed by atoms with Crippen molar-refractivity contribution in [2.45, 2.75) is 75.9 Å². The van der Waals surface area contributed by atoms with Crippen LogP contribution in [-0.4, -0.2) is 66.1 Å². The van der Waals surface area contributed by atoms with Gasteiger partial charge in [0.15, 0.2) is 5.69 Å². The van der Waals surface area contributed by atoms with Crippen molar-refractivity contribution in [2.75, 3.05) is 19.9 Å². The molecule has 1 fully saturated rings. The molecule has 3 rings (SSSR count). The highest BCUT2D eigenvalue weighted by Crippen LogP contribution is 2.39. The van der Waals surface area contributed by atoms with E-state index in [0.717, 1.165) is 6.92 Å². The minimum Gasteiger partial charge on any atom is -0.496 e. The second-order valence-electron chi connectivity index (χ2n) is 10.4. The second kappa shape index (κ2) is 12.1. The average molecular weight is 594 g/mol. The van der Waals surface area contributed by atoms with Gasteiger partial charge in [0.2, 0.25) is 0 Å². The van der Waals surface area contributed by atoms with Gasteiger partial charge in [0.25, 0.3) is 5.91 Å². The maximum Gasteiger partial charge on any atom is 0.391 e. The molecule has 13 heteroatoms. The van der Waals surface area contributed by atoms with E-state index in [-0.39, 0.29) is 36.5 Å². The number of aryl methyl sites for hydroxylation is 1. The second-order valence-corrected chi connectivity index (χ2v) is 13.1. The number of sulfone groups is 1. The number of nitrogens with one attached hydrogen (secondary N) is 1. The van der Waals surface area contributed by atoms with Gasteiger partial charge in [-0.3, -0.25) is 9.48 Å². The molecule has 0 spiro atoms. The summed E-state index contributed by atoms with van der Waals surface area (Å²) in [7, 11) is -1.80. The molecule has 1 heterocycles. The third-order valence-electron chi connectivity index (χ3n) is 7.21. The first kappa shape index (κ1) is 31.2. The zero-order chi connectivity index (χ0) is 29.2. The number of hydrogen-bond acceptors (Lipinski definition) is 6. The fourth-order valence-electron chi connectivity index (χ4n) is 4.81. The van der Waals surface area contributed by atoms with Gasteiger partial charge in [-0.05, 0) is 56.2 Å². The van der Waals surface area contributed by atoms with Gasteiger partial charge in [0.05, 0.1) is 34.6 Å². The predicted octanol–water partition coefficient (Wildman–Crippen LogP) is 4.81. The zero-order valence-corrected chi connectivity index (χ0v) is 24.0. The minimum atomic E-state index is -4.32. The summed E-state index contributed by atoms with van der Waals surface area (Å²) in [5.41, 5.74) is -0.00250. The molecule has 2 aromatic rings. The molecule has 0 bridgehead atoms. The Bertz CT molecular complexity index is 1290. The SMILES string of the molecule is CCCn1nc(C(=O)NCC2(O)CCC(S(C)(=O)=O)CC2)c(Cl)c1-c1ccc(CC(C)C(F)(F)F)cc1OC. The van der Waals surface area contributed by atoms with Crippen molar-refractivity contribution in [3.05, 3.63) is 34.5 Å². The Balaban J connectivity index is 1.84. The van der Waals surface area contributed by atoms with Gasteiger partial charge in [-0.15, -0.1) is 0 Å². The lowest BCUT2D eigenvalue weighted by molar-refractivity contribution is -0.169. The largest absolute Gasteiger partial charge is 0.496 e. The van der Waals surface area contributed by atoms with Crippen LogP contribution in [0.25, 0.3) is 11.3 Å². The number of carbonyl (C=O) groups is 1. The fraction of sp³-hybridized carbons (Fsp3) is 0.615. The first-order chi connectivity index (χ1) is 18.1. The van der Waals surface area contributed by atoms with Crippen LogP contribution in [-0.2, 0) is 22.8 Å². The molecular formula is C26H35ClF3N3O5S. The van der Waals surface area contributed by atoms with Gasteiger partial charge in [-0.25, -0.2) is 8.42 Å². The van der Waals surface area contributed by atoms with E-state index in [9.17, 15) is 31.5 Å². The fourth-order valence-corrected chi connectivity index (χ4v) is 6.22. The third-order valence-corrected chi connectivity index (χ3v) is 9.25. The van der Waals surface area contributed by atoms with Gasteiger partial charge in [-0.1, -0.05) is 31.5 Å². The van der Waals surface area contributed by atoms with Crippen LogP contribution in [0.4, 0.5) is 13.2 Å². The van der Waals surface area contributed by atoms with Gasteiger partial charge in [-0.2, -0.15) is 18.3 Å². The van der Waals surface area contributed by atoms with Crippen molar-refractivity contribution in [1.29, 1.82) is 0 Å². The van der Waals surface area contributed by atoms with Crippen LogP contribution in [0, 0.1) is 5.92 Å². The standard InChI is InChI=1S/C26H35ClF3N3O5S/c1-5-12-33-23(19-7-6-17(14-20(19)38-3)13-16(2)26(28,29)30)21(27)22(32-33)24(34)31-15-25(35)10-8-18(9-11-25)39(4,36)37/h6-7,14,16,18,35H,5,8-13,15H2,1-4H3,(H,31,34). The van der Waals surface area contributed by atoms with Gasteiger partial charge < -0.3 is 15.2 Å². The number of aliphatic hydroxyl groups is 1. The normalized spacial score (nSPS) is 21.0. The van der Waals surface area contributed by atoms with E-state index in [1.54, 1.807) is 16.8 Å². The number of alkyl halides is 3. The van der Waals surface area contributed by atoms with Crippen LogP contribution in [0.3, 0.4) is 0 Å². The number of halogens is 4. The van der Waals surface area contributed by atoms with Crippen molar-refractivity contribution in [3.8, 4) is 17.0 Å². The van der Waals surface area contributed by atoms with Crippen molar-refractivity contribution in [1.82, 2.24) is 15.1 Å². The Hall–Kier alpha value is -2.31. The number of benzene rings is 1. The minimum absolute atomic E-state index is 0.0448. The Labute approximate surface area is 231 Å². The quantitative estimate of drug-likeness (QED) is 0.409. The van der Waals surface area contributed by atoms with Gasteiger partial charge in [0, 0.05) is 24.9 Å². The third kappa shape index (κ3) is 7.46. The molecule has 39 heavy (non-hydrogen) atoms. The Morgan fingerprint density at radius 1 is 1.33 bits per heavy atom. The lowest BCUT2D eigenvalue weighted by Gasteiger charge is -2.35. The Morgan fingerprint density at radius 2 is 1.97 bits per heavy atom. The summed E-state index contributed by atoms with van der Waals surface area (Å²) < 4.78 is 69.8. The summed E-state index contributed by atoms with van der Waals surface area (Å²) in [6, 6.07) is 4.71. The number of amides is 1. The molecule has 0 radical (unpaired) electrons. The number of ether oxygens (including phenoxy) is 1. The highest BCUT2D eigenvalue weighted by Gasteiger charge is 2.38. The molecule has 1 atom stereocenters. The lowest BCUT2D eigenvalue weighted by atomic mass is 9.84. The van der Waals surface area contributed by atoms with Crippen molar-refractivity contribution < 1.29 is 36.2 Å².